The van der Waals surface area contributed by atoms with E-state index in [2.05, 4.69) is 13.8 Å². The van der Waals surface area contributed by atoms with Crippen molar-refractivity contribution in [2.24, 2.45) is 17.6 Å². The minimum absolute atomic E-state index is 0.0972. The van der Waals surface area contributed by atoms with Crippen LogP contribution in [0.5, 0.6) is 0 Å². The molecule has 0 aliphatic heterocycles. The number of aliphatic hydroxyl groups excluding tert-OH is 1. The molecule has 0 aromatic rings. The second-order valence-corrected chi connectivity index (χ2v) is 3.88. The molecule has 0 saturated heterocycles. The van der Waals surface area contributed by atoms with Gasteiger partial charge in [-0.1, -0.05) is 39.5 Å². The lowest BCUT2D eigenvalue weighted by Gasteiger charge is -2.22. The van der Waals surface area contributed by atoms with Crippen molar-refractivity contribution in [2.75, 3.05) is 13.2 Å². The lowest BCUT2D eigenvalue weighted by atomic mass is 9.84. The van der Waals surface area contributed by atoms with Crippen LogP contribution in [0.15, 0.2) is 0 Å². The SMILES string of the molecule is CC1CCC(C)CC1.NCCO. The average molecular weight is 173 g/mol. The Hall–Kier alpha value is -0.0800. The van der Waals surface area contributed by atoms with Gasteiger partial charge in [-0.15, -0.1) is 0 Å². The van der Waals surface area contributed by atoms with Crippen LogP contribution in [0.1, 0.15) is 39.5 Å². The summed E-state index contributed by atoms with van der Waals surface area (Å²) >= 11 is 0. The van der Waals surface area contributed by atoms with Crippen LogP contribution >= 0.6 is 0 Å². The van der Waals surface area contributed by atoms with Crippen molar-refractivity contribution in [3.05, 3.63) is 0 Å². The zero-order valence-electron chi connectivity index (χ0n) is 8.42. The van der Waals surface area contributed by atoms with Gasteiger partial charge in [-0.2, -0.15) is 0 Å². The predicted octanol–water partition coefficient (Wildman–Crippen LogP) is 1.77. The van der Waals surface area contributed by atoms with Gasteiger partial charge in [0.25, 0.3) is 0 Å². The van der Waals surface area contributed by atoms with Crippen LogP contribution in [-0.2, 0) is 0 Å². The quantitative estimate of drug-likeness (QED) is 0.635. The third-order valence-corrected chi connectivity index (χ3v) is 2.43. The summed E-state index contributed by atoms with van der Waals surface area (Å²) in [6, 6.07) is 0. The van der Waals surface area contributed by atoms with Gasteiger partial charge >= 0.3 is 0 Å². The van der Waals surface area contributed by atoms with E-state index in [9.17, 15) is 0 Å². The van der Waals surface area contributed by atoms with Gasteiger partial charge in [0.15, 0.2) is 0 Å². The highest BCUT2D eigenvalue weighted by Crippen LogP contribution is 2.27. The maximum absolute atomic E-state index is 7.75. The van der Waals surface area contributed by atoms with Gasteiger partial charge in [-0.05, 0) is 11.8 Å². The molecule has 1 fully saturated rings. The molecule has 12 heavy (non-hydrogen) atoms. The Bertz CT molecular complexity index is 75.8. The molecule has 0 spiro atoms. The van der Waals surface area contributed by atoms with Crippen molar-refractivity contribution in [1.82, 2.24) is 0 Å². The summed E-state index contributed by atoms with van der Waals surface area (Å²) in [4.78, 5) is 0. The Kier molecular flexibility index (Phi) is 7.51. The lowest BCUT2D eigenvalue weighted by molar-refractivity contribution is 0.306. The fourth-order valence-corrected chi connectivity index (χ4v) is 1.43. The Labute approximate surface area is 76.2 Å². The smallest absolute Gasteiger partial charge is 0.0553 e. The highest BCUT2D eigenvalue weighted by Gasteiger charge is 2.13. The first kappa shape index (κ1) is 11.9. The second-order valence-electron chi connectivity index (χ2n) is 3.88. The normalized spacial score (nSPS) is 29.0. The summed E-state index contributed by atoms with van der Waals surface area (Å²) in [5, 5.41) is 7.75. The van der Waals surface area contributed by atoms with Gasteiger partial charge < -0.3 is 10.8 Å². The van der Waals surface area contributed by atoms with Crippen molar-refractivity contribution >= 4 is 0 Å². The Morgan fingerprint density at radius 1 is 1.08 bits per heavy atom. The highest BCUT2D eigenvalue weighted by molar-refractivity contribution is 4.65. The molecule has 0 bridgehead atoms. The summed E-state index contributed by atoms with van der Waals surface area (Å²) in [6.07, 6.45) is 5.89. The first-order chi connectivity index (χ1) is 5.70. The summed E-state index contributed by atoms with van der Waals surface area (Å²) in [5.74, 6) is 2.04. The molecule has 0 aromatic heterocycles. The lowest BCUT2D eigenvalue weighted by Crippen LogP contribution is -2.08. The van der Waals surface area contributed by atoms with E-state index in [0.29, 0.717) is 6.54 Å². The van der Waals surface area contributed by atoms with Crippen molar-refractivity contribution in [1.29, 1.82) is 0 Å². The standard InChI is InChI=1S/C8H16.C2H7NO/c1-7-3-5-8(2)6-4-7;3-1-2-4/h7-8H,3-6H2,1-2H3;4H,1-3H2. The molecular weight excluding hydrogens is 150 g/mol. The molecule has 2 heteroatoms. The number of nitrogens with two attached hydrogens (primary N) is 1. The molecule has 0 heterocycles. The van der Waals surface area contributed by atoms with Crippen LogP contribution in [0, 0.1) is 11.8 Å². The van der Waals surface area contributed by atoms with Gasteiger partial charge in [0.05, 0.1) is 6.61 Å². The minimum Gasteiger partial charge on any atom is -0.395 e. The second kappa shape index (κ2) is 7.56. The van der Waals surface area contributed by atoms with Crippen LogP contribution in [0.3, 0.4) is 0 Å². The van der Waals surface area contributed by atoms with Crippen molar-refractivity contribution in [2.45, 2.75) is 39.5 Å². The molecule has 1 rings (SSSR count). The topological polar surface area (TPSA) is 46.2 Å². The summed E-state index contributed by atoms with van der Waals surface area (Å²) in [6.45, 7) is 5.21. The van der Waals surface area contributed by atoms with E-state index in [1.54, 1.807) is 0 Å². The molecule has 0 aromatic carbocycles. The number of hydrogen-bond acceptors (Lipinski definition) is 2. The Morgan fingerprint density at radius 3 is 1.50 bits per heavy atom. The van der Waals surface area contributed by atoms with E-state index in [1.165, 1.54) is 25.7 Å². The Balaban J connectivity index is 0.000000261. The zero-order chi connectivity index (χ0) is 9.40. The molecule has 0 unspecified atom stereocenters. The largest absolute Gasteiger partial charge is 0.395 e. The average Bonchev–Trinajstić information content (AvgIpc) is 2.11. The molecule has 0 radical (unpaired) electrons. The molecule has 1 saturated carbocycles. The van der Waals surface area contributed by atoms with Crippen molar-refractivity contribution in [3.8, 4) is 0 Å². The van der Waals surface area contributed by atoms with Crippen LogP contribution < -0.4 is 5.73 Å². The van der Waals surface area contributed by atoms with E-state index in [1.807, 2.05) is 0 Å². The van der Waals surface area contributed by atoms with Crippen molar-refractivity contribution in [3.63, 3.8) is 0 Å². The molecule has 0 atom stereocenters. The van der Waals surface area contributed by atoms with Gasteiger partial charge in [0.2, 0.25) is 0 Å². The minimum atomic E-state index is 0.0972. The molecule has 2 nitrogen and oxygen atoms in total. The van der Waals surface area contributed by atoms with Crippen LogP contribution in [0.4, 0.5) is 0 Å². The predicted molar refractivity (Wildman–Crippen MR) is 52.9 cm³/mol. The van der Waals surface area contributed by atoms with Crippen molar-refractivity contribution < 1.29 is 5.11 Å². The number of aliphatic hydroxyl groups is 1. The summed E-state index contributed by atoms with van der Waals surface area (Å²) < 4.78 is 0. The highest BCUT2D eigenvalue weighted by atomic mass is 16.3. The first-order valence-corrected chi connectivity index (χ1v) is 5.01. The molecule has 3 N–H and O–H groups in total. The fraction of sp³-hybridized carbons (Fsp3) is 1.00. The number of hydrogen-bond donors (Lipinski definition) is 2. The van der Waals surface area contributed by atoms with E-state index in [4.69, 9.17) is 10.8 Å². The number of rotatable bonds is 1. The third kappa shape index (κ3) is 6.62. The molecular formula is C10H23NO. The first-order valence-electron chi connectivity index (χ1n) is 5.01. The zero-order valence-corrected chi connectivity index (χ0v) is 8.42. The van der Waals surface area contributed by atoms with Gasteiger partial charge in [-0.25, -0.2) is 0 Å². The van der Waals surface area contributed by atoms with Gasteiger partial charge in [-0.3, -0.25) is 0 Å². The fourth-order valence-electron chi connectivity index (χ4n) is 1.43. The maximum atomic E-state index is 7.75. The molecule has 1 aliphatic carbocycles. The van der Waals surface area contributed by atoms with Gasteiger partial charge in [0, 0.05) is 6.54 Å². The van der Waals surface area contributed by atoms with E-state index < -0.39 is 0 Å². The molecule has 74 valence electrons. The maximum Gasteiger partial charge on any atom is 0.0553 e. The molecule has 0 amide bonds. The molecule has 1 aliphatic rings. The van der Waals surface area contributed by atoms with Gasteiger partial charge in [0.1, 0.15) is 0 Å². The Morgan fingerprint density at radius 2 is 1.33 bits per heavy atom. The summed E-state index contributed by atoms with van der Waals surface area (Å²) in [5.41, 5.74) is 4.78. The van der Waals surface area contributed by atoms with E-state index >= 15 is 0 Å². The third-order valence-electron chi connectivity index (χ3n) is 2.43. The van der Waals surface area contributed by atoms with Crippen LogP contribution in [-0.4, -0.2) is 18.3 Å². The monoisotopic (exact) mass is 173 g/mol. The van der Waals surface area contributed by atoms with E-state index in [-0.39, 0.29) is 6.61 Å². The van der Waals surface area contributed by atoms with E-state index in [0.717, 1.165) is 11.8 Å². The van der Waals surface area contributed by atoms with Crippen LogP contribution in [0.25, 0.3) is 0 Å². The van der Waals surface area contributed by atoms with Crippen LogP contribution in [0.2, 0.25) is 0 Å². The summed E-state index contributed by atoms with van der Waals surface area (Å²) in [7, 11) is 0.